The van der Waals surface area contributed by atoms with E-state index in [2.05, 4.69) is 43.2 Å². The standard InChI is InChI=1S/C19H21N9/c1-28-19-15(11-21-28)18(22-16(23-19)13-6-2-3-7-13)20-10-12-5-4-8-14(9-12)17-24-26-27-25-17/h4-5,8-9,11,13H,2-3,6-7,10H2,1H3,(H,20,22,23)(H,24,25,26,27). The third-order valence-corrected chi connectivity index (χ3v) is 5.32. The second-order valence-corrected chi connectivity index (χ2v) is 7.21. The molecule has 1 aliphatic carbocycles. The molecule has 0 unspecified atom stereocenters. The number of anilines is 1. The molecule has 0 spiro atoms. The van der Waals surface area contributed by atoms with Crippen LogP contribution in [-0.4, -0.2) is 40.4 Å². The van der Waals surface area contributed by atoms with Crippen LogP contribution >= 0.6 is 0 Å². The van der Waals surface area contributed by atoms with Crippen molar-refractivity contribution in [3.8, 4) is 11.4 Å². The fourth-order valence-electron chi connectivity index (χ4n) is 3.83. The molecule has 3 aromatic heterocycles. The Hall–Kier alpha value is -3.36. The number of hydrogen-bond donors (Lipinski definition) is 2. The number of hydrogen-bond acceptors (Lipinski definition) is 7. The number of rotatable bonds is 5. The van der Waals surface area contributed by atoms with Gasteiger partial charge >= 0.3 is 0 Å². The van der Waals surface area contributed by atoms with Crippen LogP contribution < -0.4 is 5.32 Å². The lowest BCUT2D eigenvalue weighted by Gasteiger charge is -2.12. The van der Waals surface area contributed by atoms with E-state index >= 15 is 0 Å². The zero-order valence-electron chi connectivity index (χ0n) is 15.6. The van der Waals surface area contributed by atoms with Gasteiger partial charge in [-0.15, -0.1) is 10.2 Å². The molecule has 28 heavy (non-hydrogen) atoms. The fraction of sp³-hybridized carbons (Fsp3) is 0.368. The van der Waals surface area contributed by atoms with Crippen molar-refractivity contribution >= 4 is 16.9 Å². The molecule has 0 aliphatic heterocycles. The second kappa shape index (κ2) is 6.99. The Balaban J connectivity index is 1.44. The van der Waals surface area contributed by atoms with Gasteiger partial charge in [0, 0.05) is 25.1 Å². The van der Waals surface area contributed by atoms with Crippen molar-refractivity contribution in [2.45, 2.75) is 38.1 Å². The van der Waals surface area contributed by atoms with E-state index in [1.807, 2.05) is 30.1 Å². The van der Waals surface area contributed by atoms with E-state index in [4.69, 9.17) is 9.97 Å². The van der Waals surface area contributed by atoms with Gasteiger partial charge in [0.05, 0.1) is 11.6 Å². The molecule has 4 aromatic rings. The summed E-state index contributed by atoms with van der Waals surface area (Å²) < 4.78 is 1.82. The molecular weight excluding hydrogens is 354 g/mol. The van der Waals surface area contributed by atoms with Gasteiger partial charge < -0.3 is 5.32 Å². The Morgan fingerprint density at radius 3 is 2.93 bits per heavy atom. The summed E-state index contributed by atoms with van der Waals surface area (Å²) in [7, 11) is 1.92. The number of aryl methyl sites for hydroxylation is 1. The SMILES string of the molecule is Cn1ncc2c(NCc3cccc(-c4nn[nH]n4)c3)nc(C3CCCC3)nc21. The van der Waals surface area contributed by atoms with Crippen molar-refractivity contribution in [1.82, 2.24) is 40.4 Å². The first kappa shape index (κ1) is 16.8. The summed E-state index contributed by atoms with van der Waals surface area (Å²) in [6.45, 7) is 0.636. The highest BCUT2D eigenvalue weighted by Gasteiger charge is 2.22. The maximum atomic E-state index is 4.87. The summed E-state index contributed by atoms with van der Waals surface area (Å²) in [6, 6.07) is 8.08. The van der Waals surface area contributed by atoms with E-state index in [9.17, 15) is 0 Å². The molecule has 0 radical (unpaired) electrons. The minimum Gasteiger partial charge on any atom is -0.365 e. The topological polar surface area (TPSA) is 110 Å². The molecule has 3 heterocycles. The van der Waals surface area contributed by atoms with Crippen LogP contribution in [-0.2, 0) is 13.6 Å². The largest absolute Gasteiger partial charge is 0.365 e. The van der Waals surface area contributed by atoms with E-state index in [0.717, 1.165) is 46.6 Å². The van der Waals surface area contributed by atoms with Crippen LogP contribution in [0.15, 0.2) is 30.5 Å². The average Bonchev–Trinajstić information content (AvgIpc) is 3.49. The molecule has 142 valence electrons. The molecule has 1 fully saturated rings. The summed E-state index contributed by atoms with van der Waals surface area (Å²) in [6.07, 6.45) is 6.66. The first-order chi connectivity index (χ1) is 13.8. The van der Waals surface area contributed by atoms with E-state index in [1.54, 1.807) is 0 Å². The van der Waals surface area contributed by atoms with Crippen molar-refractivity contribution in [1.29, 1.82) is 0 Å². The van der Waals surface area contributed by atoms with Gasteiger partial charge in [0.25, 0.3) is 0 Å². The zero-order chi connectivity index (χ0) is 18.9. The van der Waals surface area contributed by atoms with Gasteiger partial charge in [0.15, 0.2) is 5.65 Å². The summed E-state index contributed by atoms with van der Waals surface area (Å²) in [5.74, 6) is 2.80. The number of nitrogens with zero attached hydrogens (tertiary/aromatic N) is 7. The molecule has 9 nitrogen and oxygen atoms in total. The Morgan fingerprint density at radius 1 is 1.21 bits per heavy atom. The first-order valence-electron chi connectivity index (χ1n) is 9.54. The van der Waals surface area contributed by atoms with Gasteiger partial charge in [0.2, 0.25) is 5.82 Å². The molecule has 0 atom stereocenters. The summed E-state index contributed by atoms with van der Waals surface area (Å²) >= 11 is 0. The molecule has 5 rings (SSSR count). The van der Waals surface area contributed by atoms with Crippen LogP contribution in [0.2, 0.25) is 0 Å². The van der Waals surface area contributed by atoms with E-state index in [-0.39, 0.29) is 0 Å². The normalized spacial score (nSPS) is 14.8. The summed E-state index contributed by atoms with van der Waals surface area (Å²) in [4.78, 5) is 9.67. The predicted molar refractivity (Wildman–Crippen MR) is 104 cm³/mol. The lowest BCUT2D eigenvalue weighted by molar-refractivity contribution is 0.667. The number of fused-ring (bicyclic) bond motifs is 1. The highest BCUT2D eigenvalue weighted by Crippen LogP contribution is 2.34. The Labute approximate surface area is 161 Å². The average molecular weight is 375 g/mol. The Bertz CT molecular complexity index is 1090. The number of nitrogens with one attached hydrogen (secondary N) is 2. The maximum absolute atomic E-state index is 4.87. The molecule has 1 aliphatic rings. The first-order valence-corrected chi connectivity index (χ1v) is 9.54. The molecule has 0 amide bonds. The molecule has 1 saturated carbocycles. The quantitative estimate of drug-likeness (QED) is 0.552. The molecule has 0 bridgehead atoms. The summed E-state index contributed by atoms with van der Waals surface area (Å²) in [5, 5.41) is 23.0. The van der Waals surface area contributed by atoms with Crippen molar-refractivity contribution in [2.75, 3.05) is 5.32 Å². The van der Waals surface area contributed by atoms with Gasteiger partial charge in [-0.2, -0.15) is 10.3 Å². The number of aromatic amines is 1. The van der Waals surface area contributed by atoms with Crippen molar-refractivity contribution in [3.63, 3.8) is 0 Å². The highest BCUT2D eigenvalue weighted by atomic mass is 15.5. The fourth-order valence-corrected chi connectivity index (χ4v) is 3.83. The van der Waals surface area contributed by atoms with Gasteiger partial charge in [-0.3, -0.25) is 4.68 Å². The van der Waals surface area contributed by atoms with Gasteiger partial charge in [-0.1, -0.05) is 31.0 Å². The van der Waals surface area contributed by atoms with Gasteiger partial charge in [-0.05, 0) is 29.7 Å². The van der Waals surface area contributed by atoms with Crippen molar-refractivity contribution in [3.05, 3.63) is 41.9 Å². The maximum Gasteiger partial charge on any atom is 0.204 e. The lowest BCUT2D eigenvalue weighted by Crippen LogP contribution is -2.08. The molecule has 2 N–H and O–H groups in total. The van der Waals surface area contributed by atoms with E-state index < -0.39 is 0 Å². The number of tetrazole rings is 1. The van der Waals surface area contributed by atoms with Crippen LogP contribution in [0.4, 0.5) is 5.82 Å². The minimum atomic E-state index is 0.446. The van der Waals surface area contributed by atoms with E-state index in [1.165, 1.54) is 12.8 Å². The predicted octanol–water partition coefficient (Wildman–Crippen LogP) is 2.81. The third-order valence-electron chi connectivity index (χ3n) is 5.32. The molecule has 9 heteroatoms. The van der Waals surface area contributed by atoms with Crippen LogP contribution in [0.1, 0.15) is 43.0 Å². The molecule has 0 saturated heterocycles. The van der Waals surface area contributed by atoms with Gasteiger partial charge in [-0.25, -0.2) is 9.97 Å². The Morgan fingerprint density at radius 2 is 2.11 bits per heavy atom. The zero-order valence-corrected chi connectivity index (χ0v) is 15.6. The highest BCUT2D eigenvalue weighted by molar-refractivity contribution is 5.86. The third kappa shape index (κ3) is 3.08. The smallest absolute Gasteiger partial charge is 0.204 e. The minimum absolute atomic E-state index is 0.446. The monoisotopic (exact) mass is 375 g/mol. The van der Waals surface area contributed by atoms with Crippen LogP contribution in [0, 0.1) is 0 Å². The number of aromatic nitrogens is 8. The Kier molecular flexibility index (Phi) is 4.19. The lowest BCUT2D eigenvalue weighted by atomic mass is 10.1. The van der Waals surface area contributed by atoms with E-state index in [0.29, 0.717) is 18.3 Å². The van der Waals surface area contributed by atoms with Crippen molar-refractivity contribution < 1.29 is 0 Å². The molecular formula is C19H21N9. The second-order valence-electron chi connectivity index (χ2n) is 7.21. The molecule has 1 aromatic carbocycles. The summed E-state index contributed by atoms with van der Waals surface area (Å²) in [5.41, 5.74) is 2.91. The van der Waals surface area contributed by atoms with Crippen LogP contribution in [0.5, 0.6) is 0 Å². The van der Waals surface area contributed by atoms with Crippen LogP contribution in [0.25, 0.3) is 22.4 Å². The number of H-pyrrole nitrogens is 1. The van der Waals surface area contributed by atoms with Gasteiger partial charge in [0.1, 0.15) is 11.6 Å². The van der Waals surface area contributed by atoms with Crippen LogP contribution in [0.3, 0.4) is 0 Å². The number of benzene rings is 1. The van der Waals surface area contributed by atoms with Crippen molar-refractivity contribution in [2.24, 2.45) is 7.05 Å².